The molecule has 2 aromatic heterocycles. The highest BCUT2D eigenvalue weighted by molar-refractivity contribution is 5.92. The number of hydrogen-bond acceptors (Lipinski definition) is 8. The number of piperidine rings is 1. The maximum absolute atomic E-state index is 14.8. The summed E-state index contributed by atoms with van der Waals surface area (Å²) in [5.74, 6) is -0.301. The molecule has 1 aliphatic heterocycles. The van der Waals surface area contributed by atoms with Crippen LogP contribution < -0.4 is 10.1 Å². The molecule has 3 heterocycles. The van der Waals surface area contributed by atoms with Crippen molar-refractivity contribution in [2.75, 3.05) is 39.2 Å². The fraction of sp³-hybridized carbons (Fsp3) is 0.440. The molecule has 0 spiro atoms. The lowest BCUT2D eigenvalue weighted by Crippen LogP contribution is -2.44. The van der Waals surface area contributed by atoms with E-state index in [2.05, 4.69) is 20.3 Å². The van der Waals surface area contributed by atoms with Gasteiger partial charge in [-0.25, -0.2) is 28.1 Å². The van der Waals surface area contributed by atoms with Crippen LogP contribution in [-0.4, -0.2) is 60.0 Å². The van der Waals surface area contributed by atoms with E-state index in [1.54, 1.807) is 14.0 Å². The van der Waals surface area contributed by atoms with Gasteiger partial charge in [0.05, 0.1) is 36.3 Å². The van der Waals surface area contributed by atoms with Crippen LogP contribution in [0.3, 0.4) is 0 Å². The molecule has 0 unspecified atom stereocenters. The summed E-state index contributed by atoms with van der Waals surface area (Å²) in [5, 5.41) is 3.71. The minimum absolute atomic E-state index is 0.0942. The van der Waals surface area contributed by atoms with Gasteiger partial charge >= 0.3 is 0 Å². The molecule has 1 aliphatic rings. The number of likely N-dealkylation sites (tertiary alicyclic amines) is 1. The van der Waals surface area contributed by atoms with E-state index in [-0.39, 0.29) is 11.4 Å². The van der Waals surface area contributed by atoms with Gasteiger partial charge < -0.3 is 19.6 Å². The van der Waals surface area contributed by atoms with Crippen LogP contribution in [0.5, 0.6) is 5.88 Å². The molecule has 192 valence electrons. The first-order chi connectivity index (χ1) is 17.3. The monoisotopic (exact) mass is 503 g/mol. The van der Waals surface area contributed by atoms with Crippen molar-refractivity contribution in [2.24, 2.45) is 0 Å². The second-order valence-corrected chi connectivity index (χ2v) is 8.72. The number of anilines is 1. The lowest BCUT2D eigenvalue weighted by atomic mass is 9.87. The normalized spacial score (nSPS) is 16.8. The molecule has 1 saturated heterocycles. The number of ether oxygens (including phenoxy) is 2. The van der Waals surface area contributed by atoms with Crippen molar-refractivity contribution < 1.29 is 27.4 Å². The Labute approximate surface area is 206 Å². The molecule has 1 atom stereocenters. The van der Waals surface area contributed by atoms with Gasteiger partial charge in [0.25, 0.3) is 6.43 Å². The van der Waals surface area contributed by atoms with Gasteiger partial charge in [-0.1, -0.05) is 18.2 Å². The molecule has 3 aromatic rings. The van der Waals surface area contributed by atoms with Crippen LogP contribution in [0.1, 0.15) is 49.1 Å². The van der Waals surface area contributed by atoms with Crippen molar-refractivity contribution >= 4 is 23.0 Å². The maximum Gasteiger partial charge on any atom is 0.266 e. The highest BCUT2D eigenvalue weighted by Gasteiger charge is 2.38. The smallest absolute Gasteiger partial charge is 0.266 e. The molecule has 4 rings (SSSR count). The molecule has 8 nitrogen and oxygen atoms in total. The van der Waals surface area contributed by atoms with Crippen molar-refractivity contribution in [2.45, 2.75) is 37.8 Å². The van der Waals surface area contributed by atoms with Crippen molar-refractivity contribution in [3.05, 3.63) is 53.2 Å². The van der Waals surface area contributed by atoms with Gasteiger partial charge in [0.15, 0.2) is 0 Å². The molecule has 0 bridgehead atoms. The molecule has 36 heavy (non-hydrogen) atoms. The Balaban J connectivity index is 1.74. The summed E-state index contributed by atoms with van der Waals surface area (Å²) in [5.41, 5.74) is -0.201. The minimum Gasteiger partial charge on any atom is -0.479 e. The van der Waals surface area contributed by atoms with E-state index in [0.29, 0.717) is 54.9 Å². The second kappa shape index (κ2) is 10.8. The largest absolute Gasteiger partial charge is 0.479 e. The number of hydrogen-bond donors (Lipinski definition) is 1. The van der Waals surface area contributed by atoms with Crippen LogP contribution in [0.2, 0.25) is 0 Å². The third-order valence-electron chi connectivity index (χ3n) is 6.75. The van der Waals surface area contributed by atoms with Crippen LogP contribution >= 0.6 is 0 Å². The number of nitrogens with one attached hydrogen (secondary N) is 1. The Bertz CT molecular complexity index is 1240. The standard InChI is InChI=1S/C25H28F3N5O3/c1-15(16-5-4-6-17(20(16)26)22(27)28)31-23-18-13-19(32-24(35-2)21(18)29-14-30-23)25(36-3)7-9-33(10-8-25)11-12-34/h4-6,12-15,22H,7-11H2,1-3H3,(H,29,30,31)/t15-/m1/s1. The van der Waals surface area contributed by atoms with E-state index in [4.69, 9.17) is 9.47 Å². The summed E-state index contributed by atoms with van der Waals surface area (Å²) >= 11 is 0. The van der Waals surface area contributed by atoms with E-state index in [9.17, 15) is 18.0 Å². The zero-order chi connectivity index (χ0) is 25.9. The van der Waals surface area contributed by atoms with Crippen LogP contribution in [0, 0.1) is 5.82 Å². The average Bonchev–Trinajstić information content (AvgIpc) is 2.89. The first kappa shape index (κ1) is 25.8. The number of rotatable bonds is 9. The zero-order valence-corrected chi connectivity index (χ0v) is 20.3. The fourth-order valence-corrected chi connectivity index (χ4v) is 4.65. The van der Waals surface area contributed by atoms with Gasteiger partial charge in [-0.05, 0) is 25.8 Å². The van der Waals surface area contributed by atoms with Gasteiger partial charge in [-0.2, -0.15) is 0 Å². The second-order valence-electron chi connectivity index (χ2n) is 8.72. The van der Waals surface area contributed by atoms with Crippen molar-refractivity contribution in [3.63, 3.8) is 0 Å². The number of halogens is 3. The van der Waals surface area contributed by atoms with Gasteiger partial charge in [-0.15, -0.1) is 0 Å². The average molecular weight is 504 g/mol. The number of fused-ring (bicyclic) bond motifs is 1. The maximum atomic E-state index is 14.8. The van der Waals surface area contributed by atoms with Gasteiger partial charge in [0, 0.05) is 25.8 Å². The Kier molecular flexibility index (Phi) is 7.70. The van der Waals surface area contributed by atoms with E-state index >= 15 is 0 Å². The quantitative estimate of drug-likeness (QED) is 0.430. The van der Waals surface area contributed by atoms with Crippen molar-refractivity contribution in [3.8, 4) is 5.88 Å². The molecule has 0 saturated carbocycles. The van der Waals surface area contributed by atoms with Gasteiger partial charge in [0.2, 0.25) is 5.88 Å². The summed E-state index contributed by atoms with van der Waals surface area (Å²) in [7, 11) is 3.11. The molecule has 1 aromatic carbocycles. The van der Waals surface area contributed by atoms with E-state index in [1.165, 1.54) is 25.6 Å². The predicted octanol–water partition coefficient (Wildman–Crippen LogP) is 4.42. The Hall–Kier alpha value is -3.31. The number of aldehydes is 1. The van der Waals surface area contributed by atoms with Crippen LogP contribution in [0.4, 0.5) is 19.0 Å². The topological polar surface area (TPSA) is 89.5 Å². The summed E-state index contributed by atoms with van der Waals surface area (Å²) in [6.07, 6.45) is 0.512. The minimum atomic E-state index is -2.92. The molecule has 1 fully saturated rings. The molecular formula is C25H28F3N5O3. The summed E-state index contributed by atoms with van der Waals surface area (Å²) in [6.45, 7) is 3.33. The highest BCUT2D eigenvalue weighted by Crippen LogP contribution is 2.39. The van der Waals surface area contributed by atoms with Crippen molar-refractivity contribution in [1.29, 1.82) is 0 Å². The Morgan fingerprint density at radius 2 is 1.92 bits per heavy atom. The molecule has 1 N–H and O–H groups in total. The van der Waals surface area contributed by atoms with Crippen molar-refractivity contribution in [1.82, 2.24) is 19.9 Å². The zero-order valence-electron chi connectivity index (χ0n) is 20.3. The Morgan fingerprint density at radius 1 is 1.19 bits per heavy atom. The number of nitrogens with zero attached hydrogens (tertiary/aromatic N) is 4. The number of pyridine rings is 1. The molecule has 0 amide bonds. The van der Waals surface area contributed by atoms with Gasteiger partial charge in [-0.3, -0.25) is 4.90 Å². The molecule has 0 aliphatic carbocycles. The lowest BCUT2D eigenvalue weighted by Gasteiger charge is -2.40. The third-order valence-corrected chi connectivity index (χ3v) is 6.75. The number of carbonyl (C=O) groups is 1. The summed E-state index contributed by atoms with van der Waals surface area (Å²) in [6, 6.07) is 5.08. The van der Waals surface area contributed by atoms with Crippen LogP contribution in [0.15, 0.2) is 30.6 Å². The lowest BCUT2D eigenvalue weighted by molar-refractivity contribution is -0.111. The molecule has 0 radical (unpaired) electrons. The third kappa shape index (κ3) is 4.85. The first-order valence-corrected chi connectivity index (χ1v) is 11.6. The molecular weight excluding hydrogens is 475 g/mol. The van der Waals surface area contributed by atoms with E-state index in [0.717, 1.165) is 12.4 Å². The number of alkyl halides is 2. The number of carbonyl (C=O) groups excluding carboxylic acids is 1. The number of methoxy groups -OCH3 is 2. The van der Waals surface area contributed by atoms with E-state index < -0.39 is 29.4 Å². The SMILES string of the molecule is COc1nc(C2(OC)CCN(CC=O)CC2)cc2c(N[C@H](C)c3cccc(C(F)F)c3F)ncnc12. The highest BCUT2D eigenvalue weighted by atomic mass is 19.3. The number of benzene rings is 1. The van der Waals surface area contributed by atoms with Gasteiger partial charge in [0.1, 0.15) is 35.4 Å². The molecule has 11 heteroatoms. The first-order valence-electron chi connectivity index (χ1n) is 11.6. The summed E-state index contributed by atoms with van der Waals surface area (Å²) < 4.78 is 52.7. The fourth-order valence-electron chi connectivity index (χ4n) is 4.65. The van der Waals surface area contributed by atoms with Crippen LogP contribution in [-0.2, 0) is 15.1 Å². The Morgan fingerprint density at radius 3 is 2.56 bits per heavy atom. The van der Waals surface area contributed by atoms with Crippen LogP contribution in [0.25, 0.3) is 10.9 Å². The number of aromatic nitrogens is 3. The summed E-state index contributed by atoms with van der Waals surface area (Å²) in [4.78, 5) is 26.3. The van der Waals surface area contributed by atoms with E-state index in [1.807, 2.05) is 11.0 Å². The predicted molar refractivity (Wildman–Crippen MR) is 128 cm³/mol.